The van der Waals surface area contributed by atoms with Gasteiger partial charge in [0.2, 0.25) is 0 Å². The van der Waals surface area contributed by atoms with Gasteiger partial charge in [-0.1, -0.05) is 42.0 Å². The minimum absolute atomic E-state index is 0.329. The smallest absolute Gasteiger partial charge is 0.262 e. The molecule has 0 amide bonds. The Kier molecular flexibility index (Phi) is 3.33. The maximum Gasteiger partial charge on any atom is 0.264 e. The van der Waals surface area contributed by atoms with Gasteiger partial charge in [-0.15, -0.1) is 0 Å². The Morgan fingerprint density at radius 1 is 1.00 bits per heavy atom. The second-order valence-electron chi connectivity index (χ2n) is 5.26. The Hall–Kier alpha value is -2.07. The summed E-state index contributed by atoms with van der Waals surface area (Å²) < 4.78 is 27.2. The number of benzene rings is 2. The van der Waals surface area contributed by atoms with Crippen LogP contribution in [-0.4, -0.2) is 15.0 Å². The average Bonchev–Trinajstić information content (AvgIpc) is 2.47. The predicted molar refractivity (Wildman–Crippen MR) is 85.9 cm³/mol. The standard InChI is InChI=1S/C17H17NO2S/c1-13-8-10-15(11-9-13)21(19,20)18-12-4-6-16-14(2)5-3-7-17(16)18/h3-11H,12H2,1-2H3. The first-order chi connectivity index (χ1) is 10.00. The Morgan fingerprint density at radius 2 is 1.71 bits per heavy atom. The zero-order valence-corrected chi connectivity index (χ0v) is 12.9. The molecule has 1 aliphatic rings. The van der Waals surface area contributed by atoms with Gasteiger partial charge in [0.05, 0.1) is 17.1 Å². The Balaban J connectivity index is 2.11. The van der Waals surface area contributed by atoms with Crippen molar-refractivity contribution in [1.82, 2.24) is 0 Å². The molecule has 21 heavy (non-hydrogen) atoms. The highest BCUT2D eigenvalue weighted by Gasteiger charge is 2.27. The molecular formula is C17H17NO2S. The third-order valence-electron chi connectivity index (χ3n) is 3.73. The van der Waals surface area contributed by atoms with Crippen LogP contribution in [0.25, 0.3) is 6.08 Å². The first-order valence-corrected chi connectivity index (χ1v) is 8.30. The number of aryl methyl sites for hydroxylation is 2. The molecule has 3 rings (SSSR count). The minimum Gasteiger partial charge on any atom is -0.262 e. The van der Waals surface area contributed by atoms with Crippen LogP contribution in [0.3, 0.4) is 0 Å². The summed E-state index contributed by atoms with van der Waals surface area (Å²) >= 11 is 0. The quantitative estimate of drug-likeness (QED) is 0.851. The predicted octanol–water partition coefficient (Wildman–Crippen LogP) is 3.53. The van der Waals surface area contributed by atoms with Gasteiger partial charge in [-0.05, 0) is 37.6 Å². The molecule has 0 aliphatic carbocycles. The van der Waals surface area contributed by atoms with Gasteiger partial charge in [0.25, 0.3) is 10.0 Å². The van der Waals surface area contributed by atoms with Gasteiger partial charge in [-0.3, -0.25) is 4.31 Å². The van der Waals surface area contributed by atoms with Crippen molar-refractivity contribution in [2.75, 3.05) is 10.8 Å². The molecule has 1 heterocycles. The van der Waals surface area contributed by atoms with Crippen molar-refractivity contribution in [3.05, 3.63) is 65.2 Å². The van der Waals surface area contributed by atoms with E-state index >= 15 is 0 Å². The van der Waals surface area contributed by atoms with Crippen LogP contribution in [0, 0.1) is 13.8 Å². The lowest BCUT2D eigenvalue weighted by Crippen LogP contribution is -2.33. The molecule has 0 radical (unpaired) electrons. The number of rotatable bonds is 2. The summed E-state index contributed by atoms with van der Waals surface area (Å²) in [6.45, 7) is 4.30. The molecule has 0 atom stereocenters. The molecule has 0 bridgehead atoms. The third-order valence-corrected chi connectivity index (χ3v) is 5.53. The second-order valence-corrected chi connectivity index (χ2v) is 7.12. The second kappa shape index (κ2) is 5.04. The van der Waals surface area contributed by atoms with Crippen molar-refractivity contribution in [3.63, 3.8) is 0 Å². The van der Waals surface area contributed by atoms with Crippen LogP contribution in [0.2, 0.25) is 0 Å². The van der Waals surface area contributed by atoms with Crippen LogP contribution in [0.5, 0.6) is 0 Å². The highest BCUT2D eigenvalue weighted by Crippen LogP contribution is 2.32. The first kappa shape index (κ1) is 13.9. The molecule has 0 unspecified atom stereocenters. The van der Waals surface area contributed by atoms with Crippen LogP contribution in [-0.2, 0) is 10.0 Å². The number of nitrogens with zero attached hydrogens (tertiary/aromatic N) is 1. The van der Waals surface area contributed by atoms with Crippen molar-refractivity contribution in [1.29, 1.82) is 0 Å². The summed E-state index contributed by atoms with van der Waals surface area (Å²) in [6, 6.07) is 12.7. The molecule has 0 spiro atoms. The largest absolute Gasteiger partial charge is 0.264 e. The third kappa shape index (κ3) is 2.36. The van der Waals surface area contributed by atoms with E-state index in [4.69, 9.17) is 0 Å². The lowest BCUT2D eigenvalue weighted by Gasteiger charge is -2.28. The van der Waals surface area contributed by atoms with Gasteiger partial charge in [0, 0.05) is 5.56 Å². The maximum absolute atomic E-state index is 12.9. The van der Waals surface area contributed by atoms with Crippen LogP contribution in [0.15, 0.2) is 53.4 Å². The zero-order chi connectivity index (χ0) is 15.0. The lowest BCUT2D eigenvalue weighted by molar-refractivity contribution is 0.592. The number of hydrogen-bond donors (Lipinski definition) is 0. The van der Waals surface area contributed by atoms with Gasteiger partial charge in [0.1, 0.15) is 0 Å². The van der Waals surface area contributed by atoms with Crippen molar-refractivity contribution in [2.45, 2.75) is 18.7 Å². The van der Waals surface area contributed by atoms with Crippen molar-refractivity contribution >= 4 is 21.8 Å². The van der Waals surface area contributed by atoms with Crippen LogP contribution < -0.4 is 4.31 Å². The monoisotopic (exact) mass is 299 g/mol. The summed E-state index contributed by atoms with van der Waals surface area (Å²) in [4.78, 5) is 0.329. The maximum atomic E-state index is 12.9. The fraction of sp³-hybridized carbons (Fsp3) is 0.176. The van der Waals surface area contributed by atoms with Crippen molar-refractivity contribution < 1.29 is 8.42 Å². The van der Waals surface area contributed by atoms with E-state index in [-0.39, 0.29) is 0 Å². The van der Waals surface area contributed by atoms with E-state index in [0.717, 1.165) is 22.4 Å². The van der Waals surface area contributed by atoms with E-state index in [2.05, 4.69) is 0 Å². The lowest BCUT2D eigenvalue weighted by atomic mass is 10.0. The zero-order valence-electron chi connectivity index (χ0n) is 12.1. The van der Waals surface area contributed by atoms with Crippen molar-refractivity contribution in [3.8, 4) is 0 Å². The number of hydrogen-bond acceptors (Lipinski definition) is 2. The molecule has 4 heteroatoms. The summed E-state index contributed by atoms with van der Waals surface area (Å²) in [5.74, 6) is 0. The average molecular weight is 299 g/mol. The Labute approximate surface area is 125 Å². The highest BCUT2D eigenvalue weighted by atomic mass is 32.2. The summed E-state index contributed by atoms with van der Waals surface area (Å²) in [5, 5.41) is 0. The van der Waals surface area contributed by atoms with Crippen LogP contribution in [0.1, 0.15) is 16.7 Å². The Bertz CT molecular complexity index is 805. The molecule has 108 valence electrons. The molecule has 1 aliphatic heterocycles. The van der Waals surface area contributed by atoms with E-state index in [0.29, 0.717) is 11.4 Å². The van der Waals surface area contributed by atoms with Gasteiger partial charge >= 0.3 is 0 Å². The first-order valence-electron chi connectivity index (χ1n) is 6.86. The normalized spacial score (nSPS) is 14.1. The van der Waals surface area contributed by atoms with E-state index < -0.39 is 10.0 Å². The van der Waals surface area contributed by atoms with E-state index in [1.54, 1.807) is 12.1 Å². The topological polar surface area (TPSA) is 37.4 Å². The molecule has 3 nitrogen and oxygen atoms in total. The highest BCUT2D eigenvalue weighted by molar-refractivity contribution is 7.92. The number of fused-ring (bicyclic) bond motifs is 1. The van der Waals surface area contributed by atoms with E-state index in [1.165, 1.54) is 4.31 Å². The number of sulfonamides is 1. The SMILES string of the molecule is Cc1ccc(S(=O)(=O)N2CC=Cc3c(C)cccc32)cc1. The van der Waals surface area contributed by atoms with Gasteiger partial charge in [-0.25, -0.2) is 8.42 Å². The summed E-state index contributed by atoms with van der Waals surface area (Å²) in [6.07, 6.45) is 3.88. The van der Waals surface area contributed by atoms with Gasteiger partial charge in [-0.2, -0.15) is 0 Å². The molecule has 0 aromatic heterocycles. The summed E-state index contributed by atoms with van der Waals surface area (Å²) in [7, 11) is -3.53. The number of anilines is 1. The van der Waals surface area contributed by atoms with Gasteiger partial charge in [0.15, 0.2) is 0 Å². The van der Waals surface area contributed by atoms with Gasteiger partial charge < -0.3 is 0 Å². The molecule has 0 N–H and O–H groups in total. The van der Waals surface area contributed by atoms with Crippen LogP contribution >= 0.6 is 0 Å². The Morgan fingerprint density at radius 3 is 2.43 bits per heavy atom. The fourth-order valence-electron chi connectivity index (χ4n) is 2.53. The fourth-order valence-corrected chi connectivity index (χ4v) is 3.96. The molecule has 2 aromatic rings. The molecular weight excluding hydrogens is 282 g/mol. The summed E-state index contributed by atoms with van der Waals surface area (Å²) in [5.41, 5.74) is 3.84. The van der Waals surface area contributed by atoms with Crippen LogP contribution in [0.4, 0.5) is 5.69 Å². The molecule has 0 saturated heterocycles. The van der Waals surface area contributed by atoms with Crippen molar-refractivity contribution in [2.24, 2.45) is 0 Å². The molecule has 0 saturated carbocycles. The van der Waals surface area contributed by atoms with E-state index in [1.807, 2.05) is 56.3 Å². The minimum atomic E-state index is -3.53. The molecule has 2 aromatic carbocycles. The van der Waals surface area contributed by atoms with E-state index in [9.17, 15) is 8.42 Å². The molecule has 0 fully saturated rings.